The number of nitrogens with zero attached hydrogens (tertiary/aromatic N) is 2. The van der Waals surface area contributed by atoms with Crippen molar-refractivity contribution in [1.29, 1.82) is 0 Å². The zero-order valence-corrected chi connectivity index (χ0v) is 16.8. The van der Waals surface area contributed by atoms with Crippen LogP contribution in [0.25, 0.3) is 0 Å². The Kier molecular flexibility index (Phi) is 6.00. The second-order valence-electron chi connectivity index (χ2n) is 8.01. The van der Waals surface area contributed by atoms with Crippen molar-refractivity contribution < 1.29 is 19.4 Å². The highest BCUT2D eigenvalue weighted by atomic mass is 16.5. The van der Waals surface area contributed by atoms with Gasteiger partial charge in [0.1, 0.15) is 12.6 Å². The van der Waals surface area contributed by atoms with E-state index in [0.717, 1.165) is 30.4 Å². The van der Waals surface area contributed by atoms with Gasteiger partial charge in [0.15, 0.2) is 11.5 Å². The Labute approximate surface area is 171 Å². The van der Waals surface area contributed by atoms with Crippen molar-refractivity contribution >= 4 is 5.97 Å². The van der Waals surface area contributed by atoms with Crippen LogP contribution in [0.5, 0.6) is 11.5 Å². The molecular formula is C23H28N2O4. The van der Waals surface area contributed by atoms with E-state index in [1.807, 2.05) is 30.3 Å². The van der Waals surface area contributed by atoms with Gasteiger partial charge in [-0.2, -0.15) is 0 Å². The van der Waals surface area contributed by atoms with Gasteiger partial charge in [0.05, 0.1) is 7.11 Å². The maximum absolute atomic E-state index is 11.9. The van der Waals surface area contributed by atoms with E-state index in [4.69, 9.17) is 9.47 Å². The van der Waals surface area contributed by atoms with Crippen molar-refractivity contribution in [2.75, 3.05) is 7.11 Å². The summed E-state index contributed by atoms with van der Waals surface area (Å²) < 4.78 is 11.5. The van der Waals surface area contributed by atoms with E-state index in [0.29, 0.717) is 36.6 Å². The van der Waals surface area contributed by atoms with Crippen LogP contribution in [0, 0.1) is 5.92 Å². The van der Waals surface area contributed by atoms with Gasteiger partial charge in [0, 0.05) is 30.5 Å². The number of methoxy groups -OCH3 is 1. The maximum atomic E-state index is 11.9. The Morgan fingerprint density at radius 3 is 2.83 bits per heavy atom. The van der Waals surface area contributed by atoms with Crippen molar-refractivity contribution in [1.82, 2.24) is 9.88 Å². The minimum absolute atomic E-state index is 0.367. The molecule has 0 radical (unpaired) electrons. The molecule has 4 rings (SSSR count). The third kappa shape index (κ3) is 4.37. The molecule has 1 aromatic heterocycles. The summed E-state index contributed by atoms with van der Waals surface area (Å²) in [7, 11) is 1.62. The molecule has 6 nitrogen and oxygen atoms in total. The smallest absolute Gasteiger partial charge is 0.320 e. The van der Waals surface area contributed by atoms with Crippen LogP contribution in [-0.4, -0.2) is 40.2 Å². The van der Waals surface area contributed by atoms with E-state index in [1.54, 1.807) is 19.5 Å². The number of hydrogen-bond acceptors (Lipinski definition) is 5. The quantitative estimate of drug-likeness (QED) is 0.766. The van der Waals surface area contributed by atoms with E-state index < -0.39 is 12.0 Å². The number of rotatable bonds is 7. The van der Waals surface area contributed by atoms with Crippen LogP contribution in [0.15, 0.2) is 42.7 Å². The van der Waals surface area contributed by atoms with Crippen LogP contribution < -0.4 is 9.47 Å². The van der Waals surface area contributed by atoms with Crippen LogP contribution >= 0.6 is 0 Å². The molecule has 6 heteroatoms. The fourth-order valence-electron chi connectivity index (χ4n) is 4.81. The lowest BCUT2D eigenvalue weighted by atomic mass is 9.84. The SMILES string of the molecule is COc1ccc(CN2C(C(=O)O)CC3CCCCC32)cc1OCc1cccnc1. The first-order valence-corrected chi connectivity index (χ1v) is 10.3. The normalized spacial score (nSPS) is 24.1. The molecule has 154 valence electrons. The molecule has 29 heavy (non-hydrogen) atoms. The van der Waals surface area contributed by atoms with E-state index >= 15 is 0 Å². The van der Waals surface area contributed by atoms with Gasteiger partial charge in [-0.15, -0.1) is 0 Å². The number of fused-ring (bicyclic) bond motifs is 1. The molecule has 2 heterocycles. The van der Waals surface area contributed by atoms with Gasteiger partial charge in [0.2, 0.25) is 0 Å². The highest BCUT2D eigenvalue weighted by molar-refractivity contribution is 5.74. The van der Waals surface area contributed by atoms with Gasteiger partial charge in [0.25, 0.3) is 0 Å². The minimum atomic E-state index is -0.707. The average molecular weight is 396 g/mol. The van der Waals surface area contributed by atoms with Crippen LogP contribution in [-0.2, 0) is 17.9 Å². The van der Waals surface area contributed by atoms with Gasteiger partial charge < -0.3 is 14.6 Å². The minimum Gasteiger partial charge on any atom is -0.493 e. The third-order valence-electron chi connectivity index (χ3n) is 6.22. The largest absolute Gasteiger partial charge is 0.493 e. The Balaban J connectivity index is 1.52. The Morgan fingerprint density at radius 2 is 2.07 bits per heavy atom. The van der Waals surface area contributed by atoms with E-state index in [2.05, 4.69) is 9.88 Å². The van der Waals surface area contributed by atoms with Gasteiger partial charge in [-0.1, -0.05) is 25.0 Å². The second kappa shape index (κ2) is 8.82. The lowest BCUT2D eigenvalue weighted by Gasteiger charge is -2.33. The highest BCUT2D eigenvalue weighted by Crippen LogP contribution is 2.41. The first kappa shape index (κ1) is 19.7. The molecule has 3 atom stereocenters. The zero-order chi connectivity index (χ0) is 20.2. The molecule has 0 spiro atoms. The first-order chi connectivity index (χ1) is 14.2. The van der Waals surface area contributed by atoms with Crippen LogP contribution in [0.1, 0.15) is 43.2 Å². The van der Waals surface area contributed by atoms with Crippen molar-refractivity contribution in [3.8, 4) is 11.5 Å². The number of carbonyl (C=O) groups is 1. The molecule has 0 bridgehead atoms. The molecule has 1 N–H and O–H groups in total. The maximum Gasteiger partial charge on any atom is 0.320 e. The summed E-state index contributed by atoms with van der Waals surface area (Å²) in [4.78, 5) is 18.2. The summed E-state index contributed by atoms with van der Waals surface area (Å²) in [6.45, 7) is 1.02. The standard InChI is InChI=1S/C23H28N2O4/c1-28-21-9-8-16(11-22(21)29-15-17-5-4-10-24-13-17)14-25-19-7-3-2-6-18(19)12-20(25)23(26)27/h4-5,8-11,13,18-20H,2-3,6-7,12,14-15H2,1H3,(H,26,27). The summed E-state index contributed by atoms with van der Waals surface area (Å²) in [6, 6.07) is 9.70. The van der Waals surface area contributed by atoms with Crippen molar-refractivity contribution in [3.05, 3.63) is 53.9 Å². The summed E-state index contributed by atoms with van der Waals surface area (Å²) in [5, 5.41) is 9.76. The summed E-state index contributed by atoms with van der Waals surface area (Å²) >= 11 is 0. The van der Waals surface area contributed by atoms with Gasteiger partial charge in [-0.3, -0.25) is 14.7 Å². The highest BCUT2D eigenvalue weighted by Gasteiger charge is 2.45. The molecule has 3 unspecified atom stereocenters. The molecule has 1 aromatic carbocycles. The predicted molar refractivity (Wildman–Crippen MR) is 109 cm³/mol. The van der Waals surface area contributed by atoms with Gasteiger partial charge in [-0.25, -0.2) is 0 Å². The Morgan fingerprint density at radius 1 is 1.21 bits per heavy atom. The van der Waals surface area contributed by atoms with Crippen LogP contribution in [0.3, 0.4) is 0 Å². The molecule has 1 saturated carbocycles. The molecule has 1 saturated heterocycles. The van der Waals surface area contributed by atoms with Gasteiger partial charge in [-0.05, 0) is 48.9 Å². The number of hydrogen-bond donors (Lipinski definition) is 1. The number of pyridine rings is 1. The third-order valence-corrected chi connectivity index (χ3v) is 6.22. The second-order valence-corrected chi connectivity index (χ2v) is 8.01. The molecule has 2 fully saturated rings. The molecular weight excluding hydrogens is 368 g/mol. The first-order valence-electron chi connectivity index (χ1n) is 10.3. The number of aliphatic carboxylic acids is 1. The molecule has 0 amide bonds. The number of carboxylic acids is 1. The molecule has 2 aromatic rings. The predicted octanol–water partition coefficient (Wildman–Crippen LogP) is 3.89. The van der Waals surface area contributed by atoms with Crippen molar-refractivity contribution in [3.63, 3.8) is 0 Å². The topological polar surface area (TPSA) is 71.9 Å². The number of ether oxygens (including phenoxy) is 2. The van der Waals surface area contributed by atoms with Crippen molar-refractivity contribution in [2.45, 2.75) is 57.3 Å². The zero-order valence-electron chi connectivity index (χ0n) is 16.8. The van der Waals surface area contributed by atoms with Gasteiger partial charge >= 0.3 is 5.97 Å². The lowest BCUT2D eigenvalue weighted by molar-refractivity contribution is -0.142. The number of carboxylic acid groups (broad SMARTS) is 1. The summed E-state index contributed by atoms with van der Waals surface area (Å²) in [5.74, 6) is 1.13. The van der Waals surface area contributed by atoms with Crippen LogP contribution in [0.4, 0.5) is 0 Å². The Hall–Kier alpha value is -2.60. The number of aromatic nitrogens is 1. The monoisotopic (exact) mass is 396 g/mol. The lowest BCUT2D eigenvalue weighted by Crippen LogP contribution is -2.41. The fraction of sp³-hybridized carbons (Fsp3) is 0.478. The Bertz CT molecular complexity index is 842. The summed E-state index contributed by atoms with van der Waals surface area (Å²) in [5.41, 5.74) is 2.03. The number of benzene rings is 1. The summed E-state index contributed by atoms with van der Waals surface area (Å²) in [6.07, 6.45) is 8.92. The molecule has 2 aliphatic rings. The fourth-order valence-corrected chi connectivity index (χ4v) is 4.81. The molecule has 1 aliphatic carbocycles. The number of likely N-dealkylation sites (tertiary alicyclic amines) is 1. The van der Waals surface area contributed by atoms with E-state index in [-0.39, 0.29) is 0 Å². The van der Waals surface area contributed by atoms with Crippen LogP contribution in [0.2, 0.25) is 0 Å². The average Bonchev–Trinajstić information content (AvgIpc) is 3.12. The van der Waals surface area contributed by atoms with E-state index in [1.165, 1.54) is 12.8 Å². The van der Waals surface area contributed by atoms with E-state index in [9.17, 15) is 9.90 Å². The van der Waals surface area contributed by atoms with Crippen molar-refractivity contribution in [2.24, 2.45) is 5.92 Å². The molecule has 1 aliphatic heterocycles.